The van der Waals surface area contributed by atoms with Crippen LogP contribution in [0.15, 0.2) is 27.3 Å². The number of amides is 1. The van der Waals surface area contributed by atoms with E-state index in [1.54, 1.807) is 6.92 Å². The van der Waals surface area contributed by atoms with Crippen molar-refractivity contribution >= 4 is 27.5 Å². The summed E-state index contributed by atoms with van der Waals surface area (Å²) in [7, 11) is 0. The van der Waals surface area contributed by atoms with Crippen molar-refractivity contribution in [3.05, 3.63) is 45.8 Å². The predicted molar refractivity (Wildman–Crippen MR) is 63.3 cm³/mol. The highest BCUT2D eigenvalue weighted by atomic mass is 79.9. The number of carbonyl (C=O) groups is 1. The molecule has 0 aliphatic rings. The van der Waals surface area contributed by atoms with Crippen LogP contribution in [0, 0.1) is 18.6 Å². The number of nitrogens with one attached hydrogen (secondary N) is 1. The van der Waals surface area contributed by atoms with Crippen molar-refractivity contribution in [2.24, 2.45) is 0 Å². The molecule has 0 aliphatic carbocycles. The van der Waals surface area contributed by atoms with Gasteiger partial charge in [0.2, 0.25) is 0 Å². The van der Waals surface area contributed by atoms with Gasteiger partial charge in [-0.3, -0.25) is 4.79 Å². The lowest BCUT2D eigenvalue weighted by molar-refractivity contribution is 0.102. The number of carbonyl (C=O) groups excluding carboxylic acids is 1. The Kier molecular flexibility index (Phi) is 3.42. The Hall–Kier alpha value is -1.76. The van der Waals surface area contributed by atoms with Gasteiger partial charge < -0.3 is 9.84 Å². The fourth-order valence-electron chi connectivity index (χ4n) is 1.32. The highest BCUT2D eigenvalue weighted by molar-refractivity contribution is 9.10. The number of anilines is 1. The third-order valence-corrected chi connectivity index (χ3v) is 2.86. The number of nitrogens with zero attached hydrogens (tertiary/aromatic N) is 1. The molecule has 0 radical (unpaired) electrons. The van der Waals surface area contributed by atoms with Gasteiger partial charge in [-0.15, -0.1) is 0 Å². The fourth-order valence-corrected chi connectivity index (χ4v) is 1.64. The maximum atomic E-state index is 13.5. The Morgan fingerprint density at radius 3 is 2.72 bits per heavy atom. The molecule has 1 amide bonds. The van der Waals surface area contributed by atoms with E-state index in [0.717, 1.165) is 12.1 Å². The molecule has 4 nitrogen and oxygen atoms in total. The molecule has 0 fully saturated rings. The molecule has 0 atom stereocenters. The van der Waals surface area contributed by atoms with Crippen LogP contribution in [-0.4, -0.2) is 11.1 Å². The second-order valence-corrected chi connectivity index (χ2v) is 4.35. The van der Waals surface area contributed by atoms with Crippen molar-refractivity contribution in [3.63, 3.8) is 0 Å². The third kappa shape index (κ3) is 2.40. The van der Waals surface area contributed by atoms with E-state index in [-0.39, 0.29) is 15.7 Å². The molecule has 18 heavy (non-hydrogen) atoms. The standard InChI is InChI=1S/C11H7BrF2N2O2/c1-5-6(4-15-18-5)11(17)16-10-3-8(13)7(12)2-9(10)14/h2-4H,1H3,(H,16,17). The first kappa shape index (κ1) is 12.7. The van der Waals surface area contributed by atoms with Crippen molar-refractivity contribution in [1.29, 1.82) is 0 Å². The number of halogens is 3. The normalized spacial score (nSPS) is 10.4. The first-order chi connectivity index (χ1) is 8.49. The van der Waals surface area contributed by atoms with Gasteiger partial charge in [0.15, 0.2) is 0 Å². The molecule has 2 rings (SSSR count). The van der Waals surface area contributed by atoms with E-state index in [9.17, 15) is 13.6 Å². The molecule has 0 saturated carbocycles. The summed E-state index contributed by atoms with van der Waals surface area (Å²) in [5.74, 6) is -1.74. The molecule has 1 aromatic heterocycles. The third-order valence-electron chi connectivity index (χ3n) is 2.25. The minimum absolute atomic E-state index is 0.0147. The van der Waals surface area contributed by atoms with E-state index in [2.05, 4.69) is 26.4 Å². The number of aromatic nitrogens is 1. The topological polar surface area (TPSA) is 55.1 Å². The number of rotatable bonds is 2. The smallest absolute Gasteiger partial charge is 0.260 e. The van der Waals surface area contributed by atoms with Crippen LogP contribution >= 0.6 is 15.9 Å². The van der Waals surface area contributed by atoms with Crippen LogP contribution in [0.4, 0.5) is 14.5 Å². The maximum Gasteiger partial charge on any atom is 0.260 e. The largest absolute Gasteiger partial charge is 0.361 e. The molecule has 0 unspecified atom stereocenters. The Balaban J connectivity index is 2.28. The van der Waals surface area contributed by atoms with E-state index in [4.69, 9.17) is 4.52 Å². The average Bonchev–Trinajstić information content (AvgIpc) is 2.72. The summed E-state index contributed by atoms with van der Waals surface area (Å²) in [5.41, 5.74) is -0.0842. The molecule has 0 saturated heterocycles. The van der Waals surface area contributed by atoms with Crippen LogP contribution in [0.25, 0.3) is 0 Å². The monoisotopic (exact) mass is 316 g/mol. The van der Waals surface area contributed by atoms with Crippen molar-refractivity contribution in [3.8, 4) is 0 Å². The molecule has 2 aromatic rings. The van der Waals surface area contributed by atoms with Crippen LogP contribution in [0.3, 0.4) is 0 Å². The summed E-state index contributed by atoms with van der Waals surface area (Å²) in [6.45, 7) is 1.54. The number of hydrogen-bond acceptors (Lipinski definition) is 3. The first-order valence-corrected chi connectivity index (χ1v) is 5.65. The van der Waals surface area contributed by atoms with Crippen LogP contribution < -0.4 is 5.32 Å². The van der Waals surface area contributed by atoms with Crippen LogP contribution in [0.2, 0.25) is 0 Å². The molecule has 1 N–H and O–H groups in total. The second kappa shape index (κ2) is 4.85. The van der Waals surface area contributed by atoms with Gasteiger partial charge in [0.25, 0.3) is 5.91 Å². The van der Waals surface area contributed by atoms with Crippen molar-refractivity contribution in [1.82, 2.24) is 5.16 Å². The van der Waals surface area contributed by atoms with Gasteiger partial charge in [0, 0.05) is 6.07 Å². The van der Waals surface area contributed by atoms with Gasteiger partial charge >= 0.3 is 0 Å². The Morgan fingerprint density at radius 1 is 1.39 bits per heavy atom. The maximum absolute atomic E-state index is 13.5. The summed E-state index contributed by atoms with van der Waals surface area (Å²) >= 11 is 2.84. The van der Waals surface area contributed by atoms with Crippen molar-refractivity contribution in [2.45, 2.75) is 6.92 Å². The lowest BCUT2D eigenvalue weighted by Gasteiger charge is -2.06. The van der Waals surface area contributed by atoms with E-state index in [1.165, 1.54) is 6.20 Å². The summed E-state index contributed by atoms with van der Waals surface area (Å²) < 4.78 is 31.4. The molecule has 0 bridgehead atoms. The van der Waals surface area contributed by atoms with E-state index >= 15 is 0 Å². The molecule has 94 valence electrons. The quantitative estimate of drug-likeness (QED) is 0.865. The Bertz CT molecular complexity index is 613. The molecule has 1 heterocycles. The Morgan fingerprint density at radius 2 is 2.11 bits per heavy atom. The highest BCUT2D eigenvalue weighted by Crippen LogP contribution is 2.24. The predicted octanol–water partition coefficient (Wildman–Crippen LogP) is 3.28. The van der Waals surface area contributed by atoms with Gasteiger partial charge in [-0.1, -0.05) is 5.16 Å². The second-order valence-electron chi connectivity index (χ2n) is 3.50. The zero-order chi connectivity index (χ0) is 13.3. The lowest BCUT2D eigenvalue weighted by atomic mass is 10.2. The number of hydrogen-bond donors (Lipinski definition) is 1. The van der Waals surface area contributed by atoms with E-state index in [1.807, 2.05) is 0 Å². The molecule has 7 heteroatoms. The summed E-state index contributed by atoms with van der Waals surface area (Å²) in [5, 5.41) is 5.67. The van der Waals surface area contributed by atoms with Crippen LogP contribution in [0.1, 0.15) is 16.1 Å². The van der Waals surface area contributed by atoms with Crippen molar-refractivity contribution in [2.75, 3.05) is 5.32 Å². The minimum Gasteiger partial charge on any atom is -0.361 e. The zero-order valence-corrected chi connectivity index (χ0v) is 10.7. The molecular formula is C11H7BrF2N2O2. The average molecular weight is 317 g/mol. The van der Waals surface area contributed by atoms with Gasteiger partial charge in [-0.2, -0.15) is 0 Å². The van der Waals surface area contributed by atoms with Crippen molar-refractivity contribution < 1.29 is 18.1 Å². The fraction of sp³-hybridized carbons (Fsp3) is 0.0909. The van der Waals surface area contributed by atoms with E-state index < -0.39 is 17.5 Å². The minimum atomic E-state index is -0.745. The summed E-state index contributed by atoms with van der Waals surface area (Å²) in [6.07, 6.45) is 1.21. The van der Waals surface area contributed by atoms with E-state index in [0.29, 0.717) is 5.76 Å². The number of aryl methyl sites for hydroxylation is 1. The van der Waals surface area contributed by atoms with Gasteiger partial charge in [0.1, 0.15) is 23.0 Å². The number of benzene rings is 1. The lowest BCUT2D eigenvalue weighted by Crippen LogP contribution is -2.13. The van der Waals surface area contributed by atoms with Gasteiger partial charge in [-0.05, 0) is 28.9 Å². The molecule has 1 aromatic carbocycles. The summed E-state index contributed by atoms with van der Waals surface area (Å²) in [4.78, 5) is 11.7. The molecule has 0 spiro atoms. The molecular weight excluding hydrogens is 310 g/mol. The highest BCUT2D eigenvalue weighted by Gasteiger charge is 2.16. The van der Waals surface area contributed by atoms with Gasteiger partial charge in [-0.25, -0.2) is 8.78 Å². The van der Waals surface area contributed by atoms with Crippen LogP contribution in [0.5, 0.6) is 0 Å². The summed E-state index contributed by atoms with van der Waals surface area (Å²) in [6, 6.07) is 1.82. The SMILES string of the molecule is Cc1oncc1C(=O)Nc1cc(F)c(Br)cc1F. The first-order valence-electron chi connectivity index (χ1n) is 4.86. The molecule has 0 aliphatic heterocycles. The Labute approximate surface area is 109 Å². The van der Waals surface area contributed by atoms with Crippen LogP contribution in [-0.2, 0) is 0 Å². The zero-order valence-electron chi connectivity index (χ0n) is 9.13. The van der Waals surface area contributed by atoms with Gasteiger partial charge in [0.05, 0.1) is 16.4 Å².